The summed E-state index contributed by atoms with van der Waals surface area (Å²) in [6.45, 7) is 4.88. The molecule has 12 rings (SSSR count). The summed E-state index contributed by atoms with van der Waals surface area (Å²) in [6, 6.07) is 52.1. The number of hydrogen-bond donors (Lipinski definition) is 0. The van der Waals surface area contributed by atoms with Gasteiger partial charge in [-0.2, -0.15) is 9.97 Å². The first-order valence-electron chi connectivity index (χ1n) is 21.4. The van der Waals surface area contributed by atoms with Crippen molar-refractivity contribution >= 4 is 50.3 Å². The van der Waals surface area contributed by atoms with Crippen LogP contribution in [0.25, 0.3) is 61.2 Å². The zero-order chi connectivity index (χ0) is 40.7. The smallest absolute Gasteiger partial charge is 0.238 e. The number of anilines is 3. The van der Waals surface area contributed by atoms with Crippen molar-refractivity contribution in [2.75, 3.05) is 4.90 Å². The summed E-state index contributed by atoms with van der Waals surface area (Å²) >= 11 is 0. The molecule has 1 saturated carbocycles. The van der Waals surface area contributed by atoms with Gasteiger partial charge >= 0.3 is 0 Å². The van der Waals surface area contributed by atoms with Crippen LogP contribution in [0.4, 0.5) is 17.3 Å². The van der Waals surface area contributed by atoms with Gasteiger partial charge in [0.15, 0.2) is 11.6 Å². The molecule has 4 aliphatic carbocycles. The van der Waals surface area contributed by atoms with E-state index in [0.29, 0.717) is 29.4 Å². The Morgan fingerprint density at radius 1 is 0.639 bits per heavy atom. The minimum Gasteiger partial charge on any atom is -0.309 e. The Morgan fingerprint density at radius 2 is 1.41 bits per heavy atom. The molecule has 0 spiro atoms. The van der Waals surface area contributed by atoms with Gasteiger partial charge in [-0.15, -0.1) is 0 Å². The largest absolute Gasteiger partial charge is 0.309 e. The summed E-state index contributed by atoms with van der Waals surface area (Å²) in [5.74, 6) is 3.20. The summed E-state index contributed by atoms with van der Waals surface area (Å²) in [5.41, 5.74) is 15.5. The van der Waals surface area contributed by atoms with E-state index in [2.05, 4.69) is 187 Å². The van der Waals surface area contributed by atoms with Crippen LogP contribution in [0.1, 0.15) is 43.6 Å². The van der Waals surface area contributed by atoms with Crippen molar-refractivity contribution in [2.45, 2.75) is 32.1 Å². The number of benzene rings is 6. The quantitative estimate of drug-likeness (QED) is 0.161. The lowest BCUT2D eigenvalue weighted by Gasteiger charge is -2.26. The molecule has 0 aliphatic heterocycles. The molecule has 292 valence electrons. The Hall–Kier alpha value is -7.37. The number of allylic oxidation sites excluding steroid dienone is 10. The highest BCUT2D eigenvalue weighted by Crippen LogP contribution is 2.61. The van der Waals surface area contributed by atoms with Gasteiger partial charge in [0.05, 0.1) is 16.7 Å². The van der Waals surface area contributed by atoms with Gasteiger partial charge in [-0.05, 0) is 101 Å². The predicted octanol–water partition coefficient (Wildman–Crippen LogP) is 13.9. The van der Waals surface area contributed by atoms with Gasteiger partial charge in [0.2, 0.25) is 5.95 Å². The molecule has 1 fully saturated rings. The highest BCUT2D eigenvalue weighted by Gasteiger charge is 2.50. The van der Waals surface area contributed by atoms with E-state index >= 15 is 0 Å². The maximum atomic E-state index is 5.26. The number of nitrogens with zero attached hydrogens (tertiary/aromatic N) is 5. The van der Waals surface area contributed by atoms with Crippen LogP contribution < -0.4 is 4.90 Å². The van der Waals surface area contributed by atoms with Crippen LogP contribution in [0.2, 0.25) is 0 Å². The number of para-hydroxylation sites is 3. The number of rotatable bonds is 7. The molecule has 6 aromatic carbocycles. The molecule has 2 aromatic heterocycles. The summed E-state index contributed by atoms with van der Waals surface area (Å²) < 4.78 is 2.47. The normalized spacial score (nSPS) is 18.2. The maximum absolute atomic E-state index is 5.26. The monoisotopic (exact) mass is 785 g/mol. The molecule has 4 aliphatic rings. The minimum atomic E-state index is -0.0127. The van der Waals surface area contributed by atoms with E-state index in [4.69, 9.17) is 15.0 Å². The topological polar surface area (TPSA) is 46.8 Å². The van der Waals surface area contributed by atoms with Crippen LogP contribution >= 0.6 is 0 Å². The van der Waals surface area contributed by atoms with Gasteiger partial charge in [0.25, 0.3) is 0 Å². The van der Waals surface area contributed by atoms with Crippen LogP contribution in [0, 0.1) is 11.8 Å². The fourth-order valence-electron chi connectivity index (χ4n) is 10.2. The summed E-state index contributed by atoms with van der Waals surface area (Å²) in [4.78, 5) is 17.7. The molecule has 0 N–H and O–H groups in total. The lowest BCUT2D eigenvalue weighted by Crippen LogP contribution is -2.19. The highest BCUT2D eigenvalue weighted by molar-refractivity contribution is 6.11. The van der Waals surface area contributed by atoms with E-state index in [1.54, 1.807) is 5.57 Å². The zero-order valence-corrected chi connectivity index (χ0v) is 34.2. The summed E-state index contributed by atoms with van der Waals surface area (Å²) in [6.07, 6.45) is 17.5. The van der Waals surface area contributed by atoms with E-state index in [0.717, 1.165) is 45.7 Å². The molecule has 0 saturated heterocycles. The van der Waals surface area contributed by atoms with Crippen molar-refractivity contribution in [1.82, 2.24) is 19.5 Å². The van der Waals surface area contributed by atoms with Crippen molar-refractivity contribution in [3.05, 3.63) is 211 Å². The Labute approximate surface area is 356 Å². The first-order chi connectivity index (χ1) is 30.0. The molecule has 8 aromatic rings. The molecule has 0 amide bonds. The van der Waals surface area contributed by atoms with Gasteiger partial charge in [-0.1, -0.05) is 153 Å². The van der Waals surface area contributed by atoms with E-state index < -0.39 is 0 Å². The van der Waals surface area contributed by atoms with E-state index in [1.165, 1.54) is 44.9 Å². The third-order valence-corrected chi connectivity index (χ3v) is 13.1. The van der Waals surface area contributed by atoms with E-state index in [1.807, 2.05) is 24.3 Å². The first kappa shape index (κ1) is 35.6. The molecule has 61 heavy (non-hydrogen) atoms. The highest BCUT2D eigenvalue weighted by atomic mass is 15.3. The van der Waals surface area contributed by atoms with Crippen molar-refractivity contribution in [1.29, 1.82) is 0 Å². The second kappa shape index (κ2) is 13.9. The fourth-order valence-corrected chi connectivity index (χ4v) is 10.2. The summed E-state index contributed by atoms with van der Waals surface area (Å²) in [7, 11) is 0. The van der Waals surface area contributed by atoms with Crippen molar-refractivity contribution < 1.29 is 0 Å². The Balaban J connectivity index is 1.03. The van der Waals surface area contributed by atoms with Crippen LogP contribution in [0.15, 0.2) is 194 Å². The summed E-state index contributed by atoms with van der Waals surface area (Å²) in [5, 5.41) is 2.56. The van der Waals surface area contributed by atoms with E-state index in [9.17, 15) is 0 Å². The third kappa shape index (κ3) is 5.79. The molecule has 0 bridgehead atoms. The molecule has 2 unspecified atom stereocenters. The average molecular weight is 786 g/mol. The van der Waals surface area contributed by atoms with Crippen molar-refractivity contribution in [3.63, 3.8) is 0 Å². The van der Waals surface area contributed by atoms with Crippen LogP contribution in [0.5, 0.6) is 0 Å². The SMILES string of the molecule is CC1(C)C2=C(C=CC3CC23)c2cc3c4ccccc4n(-c4cccc(-c5ccccc5N(c5ccccc5)c5nc(C6=CCC=CC=C6)nc(-c6ccccc6)n5)c4)c3cc21. The van der Waals surface area contributed by atoms with Crippen LogP contribution in [0.3, 0.4) is 0 Å². The van der Waals surface area contributed by atoms with Crippen LogP contribution in [-0.4, -0.2) is 19.5 Å². The Morgan fingerprint density at radius 3 is 2.30 bits per heavy atom. The van der Waals surface area contributed by atoms with Crippen molar-refractivity contribution in [2.24, 2.45) is 11.8 Å². The van der Waals surface area contributed by atoms with Crippen LogP contribution in [-0.2, 0) is 5.41 Å². The van der Waals surface area contributed by atoms with Crippen molar-refractivity contribution in [3.8, 4) is 28.2 Å². The molecule has 5 nitrogen and oxygen atoms in total. The Kier molecular flexibility index (Phi) is 8.08. The zero-order valence-electron chi connectivity index (χ0n) is 34.2. The van der Waals surface area contributed by atoms with Gasteiger partial charge in [0, 0.05) is 44.3 Å². The predicted molar refractivity (Wildman–Crippen MR) is 251 cm³/mol. The molecule has 2 heterocycles. The number of aromatic nitrogens is 4. The third-order valence-electron chi connectivity index (χ3n) is 13.1. The fraction of sp³-hybridized carbons (Fsp3) is 0.125. The minimum absolute atomic E-state index is 0.0127. The molecule has 0 radical (unpaired) electrons. The lowest BCUT2D eigenvalue weighted by atomic mass is 9.78. The second-order valence-corrected chi connectivity index (χ2v) is 17.2. The molecular formula is C56H43N5. The standard InChI is InChI=1S/C56H43N5/c1-56(2)48-35-51-47(34-46(48)44-31-30-39-33-45(39)52(44)56)43-27-14-16-29-50(43)60(51)41-25-17-22-38(32-41)42-26-13-15-28-49(42)61(40-23-11-6-12-24-40)55-58-53(36-18-7-3-4-8-19-36)57-54(59-55)37-20-9-5-10-21-37/h3-7,9-32,34-35,39,45H,8,33H2,1-2H3. The Bertz CT molecular complexity index is 3230. The average Bonchev–Trinajstić information content (AvgIpc) is 4.05. The number of hydrogen-bond acceptors (Lipinski definition) is 4. The van der Waals surface area contributed by atoms with Gasteiger partial charge in [-0.25, -0.2) is 4.98 Å². The molecule has 5 heteroatoms. The second-order valence-electron chi connectivity index (χ2n) is 17.2. The molecular weight excluding hydrogens is 743 g/mol. The van der Waals surface area contributed by atoms with Gasteiger partial charge in [-0.3, -0.25) is 4.90 Å². The lowest BCUT2D eigenvalue weighted by molar-refractivity contribution is 0.592. The first-order valence-corrected chi connectivity index (χ1v) is 21.4. The molecule has 2 atom stereocenters. The number of fused-ring (bicyclic) bond motifs is 7. The maximum Gasteiger partial charge on any atom is 0.238 e. The van der Waals surface area contributed by atoms with E-state index in [-0.39, 0.29) is 5.41 Å². The van der Waals surface area contributed by atoms with Gasteiger partial charge in [0.1, 0.15) is 0 Å². The van der Waals surface area contributed by atoms with Gasteiger partial charge < -0.3 is 4.57 Å².